The summed E-state index contributed by atoms with van der Waals surface area (Å²) in [4.78, 5) is 10.2. The van der Waals surface area contributed by atoms with E-state index in [1.54, 1.807) is 0 Å². The van der Waals surface area contributed by atoms with Crippen molar-refractivity contribution in [3.05, 3.63) is 0 Å². The van der Waals surface area contributed by atoms with Gasteiger partial charge in [-0.2, -0.15) is 0 Å². The van der Waals surface area contributed by atoms with Gasteiger partial charge in [0.05, 0.1) is 0 Å². The predicted molar refractivity (Wildman–Crippen MR) is 83.8 cm³/mol. The predicted octanol–water partition coefficient (Wildman–Crippen LogP) is 2.59. The molecule has 0 aliphatic heterocycles. The summed E-state index contributed by atoms with van der Waals surface area (Å²) in [6.07, 6.45) is 1.85. The van der Waals surface area contributed by atoms with Crippen molar-refractivity contribution in [2.45, 2.75) is 40.5 Å². The molecule has 0 spiro atoms. The lowest BCUT2D eigenvalue weighted by molar-refractivity contribution is -0.431. The molecule has 3 N–H and O–H groups in total. The second-order valence-corrected chi connectivity index (χ2v) is 4.50. The molecule has 21 heavy (non-hydrogen) atoms. The fraction of sp³-hybridized carbons (Fsp3) is 0.533. The summed E-state index contributed by atoms with van der Waals surface area (Å²) in [6.45, 7) is 7.86. The molecule has 0 aliphatic carbocycles. The van der Waals surface area contributed by atoms with Crippen molar-refractivity contribution in [2.24, 2.45) is 17.6 Å². The summed E-state index contributed by atoms with van der Waals surface area (Å²) in [5.74, 6) is 13.3. The molecule has 1 amide bonds. The van der Waals surface area contributed by atoms with Gasteiger partial charge >= 0.3 is 0 Å². The van der Waals surface area contributed by atoms with E-state index in [2.05, 4.69) is 51.2 Å². The monoisotopic (exact) mass is 311 g/mol. The minimum Gasteiger partial charge on any atom is -0.369 e. The van der Waals surface area contributed by atoms with Crippen LogP contribution in [0.5, 0.6) is 0 Å². The van der Waals surface area contributed by atoms with E-state index in [1.807, 2.05) is 20.8 Å². The summed E-state index contributed by atoms with van der Waals surface area (Å²) >= 11 is 0.638. The Hall–Kier alpha value is -1.62. The van der Waals surface area contributed by atoms with Gasteiger partial charge in [-0.1, -0.05) is 38.7 Å². The number of hydrogen-bond donors (Lipinski definition) is 2. The number of nitrogens with two attached hydrogens (primary N) is 1. The lowest BCUT2D eigenvalue weighted by Gasteiger charge is -1.98. The molecule has 0 saturated carbocycles. The molecule has 0 heterocycles. The van der Waals surface area contributed by atoms with Gasteiger partial charge in [0, 0.05) is 23.0 Å². The third kappa shape index (κ3) is 18.4. The highest BCUT2D eigenvalue weighted by Gasteiger charge is 2.02. The van der Waals surface area contributed by atoms with Gasteiger partial charge in [-0.05, 0) is 30.6 Å². The molecular weight excluding hydrogens is 290 g/mol. The van der Waals surface area contributed by atoms with Crippen LogP contribution < -0.4 is 5.73 Å². The van der Waals surface area contributed by atoms with Crippen LogP contribution in [-0.2, 0) is 14.2 Å². The summed E-state index contributed by atoms with van der Waals surface area (Å²) in [5, 5.41) is 13.4. The Morgan fingerprint density at radius 1 is 1.19 bits per heavy atom. The van der Waals surface area contributed by atoms with Crippen LogP contribution in [0.15, 0.2) is 0 Å². The van der Waals surface area contributed by atoms with Gasteiger partial charge in [-0.15, -0.1) is 4.33 Å². The quantitative estimate of drug-likeness (QED) is 0.268. The summed E-state index contributed by atoms with van der Waals surface area (Å²) < 4.78 is 3.99. The molecule has 0 saturated heterocycles. The van der Waals surface area contributed by atoms with E-state index in [4.69, 9.17) is 11.0 Å². The first kappa shape index (κ1) is 21.7. The second kappa shape index (κ2) is 16.4. The molecule has 0 rings (SSSR count). The number of rotatable bonds is 5. The minimum absolute atomic E-state index is 0.0417. The SMILES string of the molecule is CCC(C)C#CC#CC#CSOOO.CCC(C)C(N)=O. The molecule has 6 heteroatoms. The highest BCUT2D eigenvalue weighted by Crippen LogP contribution is 1.97. The van der Waals surface area contributed by atoms with E-state index >= 15 is 0 Å². The van der Waals surface area contributed by atoms with Gasteiger partial charge in [0.2, 0.25) is 5.91 Å². The van der Waals surface area contributed by atoms with Crippen LogP contribution in [-0.4, -0.2) is 11.2 Å². The first-order chi connectivity index (χ1) is 9.99. The molecule has 0 bridgehead atoms. The molecule has 5 nitrogen and oxygen atoms in total. The van der Waals surface area contributed by atoms with Gasteiger partial charge in [-0.25, -0.2) is 5.26 Å². The number of hydrogen-bond acceptors (Lipinski definition) is 5. The van der Waals surface area contributed by atoms with Crippen LogP contribution in [0, 0.1) is 46.7 Å². The summed E-state index contributed by atoms with van der Waals surface area (Å²) in [5.41, 5.74) is 4.91. The zero-order valence-electron chi connectivity index (χ0n) is 12.7. The largest absolute Gasteiger partial charge is 0.369 e. The van der Waals surface area contributed by atoms with Gasteiger partial charge in [0.1, 0.15) is 12.0 Å². The summed E-state index contributed by atoms with van der Waals surface area (Å²) in [7, 11) is 0. The first-order valence-corrected chi connectivity index (χ1v) is 7.17. The first-order valence-electron chi connectivity index (χ1n) is 6.43. The maximum atomic E-state index is 10.2. The van der Waals surface area contributed by atoms with Gasteiger partial charge < -0.3 is 5.73 Å². The zero-order chi connectivity index (χ0) is 16.5. The highest BCUT2D eigenvalue weighted by atomic mass is 32.2. The Morgan fingerprint density at radius 2 is 1.81 bits per heavy atom. The number of carbonyl (C=O) groups is 1. The number of amides is 1. The molecular formula is C15H21NO4S. The molecule has 0 aromatic heterocycles. The molecule has 0 aliphatic rings. The van der Waals surface area contributed by atoms with E-state index in [9.17, 15) is 4.79 Å². The molecule has 0 fully saturated rings. The highest BCUT2D eigenvalue weighted by molar-refractivity contribution is 7.99. The van der Waals surface area contributed by atoms with E-state index in [1.165, 1.54) is 0 Å². The molecule has 0 aromatic carbocycles. The van der Waals surface area contributed by atoms with Crippen LogP contribution in [0.25, 0.3) is 0 Å². The van der Waals surface area contributed by atoms with Gasteiger partial charge in [0.15, 0.2) is 0 Å². The van der Waals surface area contributed by atoms with E-state index in [-0.39, 0.29) is 11.8 Å². The van der Waals surface area contributed by atoms with E-state index in [0.29, 0.717) is 18.0 Å². The third-order valence-corrected chi connectivity index (χ3v) is 2.69. The summed E-state index contributed by atoms with van der Waals surface area (Å²) in [6, 6.07) is 0. The number of carbonyl (C=O) groups excluding carboxylic acids is 1. The zero-order valence-corrected chi connectivity index (χ0v) is 13.5. The van der Waals surface area contributed by atoms with Crippen LogP contribution >= 0.6 is 12.0 Å². The maximum absolute atomic E-state index is 10.2. The van der Waals surface area contributed by atoms with E-state index in [0.717, 1.165) is 12.8 Å². The normalized spacial score (nSPS) is 10.9. The second-order valence-electron chi connectivity index (χ2n) is 3.99. The molecule has 0 radical (unpaired) electrons. The van der Waals surface area contributed by atoms with Crippen molar-refractivity contribution in [1.82, 2.24) is 0 Å². The Morgan fingerprint density at radius 3 is 2.24 bits per heavy atom. The average molecular weight is 311 g/mol. The fourth-order valence-electron chi connectivity index (χ4n) is 0.604. The third-order valence-electron chi connectivity index (χ3n) is 2.37. The van der Waals surface area contributed by atoms with Crippen molar-refractivity contribution in [2.75, 3.05) is 0 Å². The maximum Gasteiger partial charge on any atom is 0.220 e. The molecule has 116 valence electrons. The Kier molecular flexibility index (Phi) is 17.0. The van der Waals surface area contributed by atoms with Crippen molar-refractivity contribution < 1.29 is 19.4 Å². The Bertz CT molecular complexity index is 459. The topological polar surface area (TPSA) is 81.8 Å². The van der Waals surface area contributed by atoms with Crippen molar-refractivity contribution in [3.8, 4) is 34.9 Å². The van der Waals surface area contributed by atoms with E-state index < -0.39 is 0 Å². The van der Waals surface area contributed by atoms with Crippen molar-refractivity contribution in [3.63, 3.8) is 0 Å². The lowest BCUT2D eigenvalue weighted by atomic mass is 10.1. The smallest absolute Gasteiger partial charge is 0.220 e. The minimum atomic E-state index is -0.206. The van der Waals surface area contributed by atoms with Crippen molar-refractivity contribution in [1.29, 1.82) is 0 Å². The van der Waals surface area contributed by atoms with Crippen molar-refractivity contribution >= 4 is 17.9 Å². The standard InChI is InChI=1S/C10H10O3S.C5H11NO/c1-3-10(2)8-6-4-5-7-9-14-13-12-11;1-3-4(2)5(6)7/h10-11H,3H2,1-2H3;4H,3H2,1-2H3,(H2,6,7). The Labute approximate surface area is 131 Å². The van der Waals surface area contributed by atoms with Gasteiger partial charge in [0.25, 0.3) is 0 Å². The van der Waals surface area contributed by atoms with Crippen LogP contribution in [0.1, 0.15) is 40.5 Å². The molecule has 2 atom stereocenters. The van der Waals surface area contributed by atoms with Crippen LogP contribution in [0.2, 0.25) is 0 Å². The van der Waals surface area contributed by atoms with Crippen LogP contribution in [0.4, 0.5) is 0 Å². The molecule has 0 aromatic rings. The number of primary amides is 1. The van der Waals surface area contributed by atoms with Gasteiger partial charge in [-0.3, -0.25) is 4.79 Å². The van der Waals surface area contributed by atoms with Crippen LogP contribution in [0.3, 0.4) is 0 Å². The average Bonchev–Trinajstić information content (AvgIpc) is 2.49. The Balaban J connectivity index is 0. The lowest BCUT2D eigenvalue weighted by Crippen LogP contribution is -2.19. The fourth-order valence-corrected chi connectivity index (χ4v) is 0.761. The molecule has 2 unspecified atom stereocenters.